The molecule has 0 spiro atoms. The fourth-order valence-electron chi connectivity index (χ4n) is 5.77. The Morgan fingerprint density at radius 1 is 1.02 bits per heavy atom. The van der Waals surface area contributed by atoms with Crippen molar-refractivity contribution in [3.63, 3.8) is 0 Å². The monoisotopic (exact) mass is 573 g/mol. The summed E-state index contributed by atoms with van der Waals surface area (Å²) in [5.74, 6) is 3.83. The summed E-state index contributed by atoms with van der Waals surface area (Å²) in [7, 11) is 0. The Morgan fingerprint density at radius 3 is 2.52 bits per heavy atom. The van der Waals surface area contributed by atoms with Crippen molar-refractivity contribution in [2.24, 2.45) is 0 Å². The lowest BCUT2D eigenvalue weighted by molar-refractivity contribution is -0.268. The largest absolute Gasteiger partial charge is 0.507 e. The van der Waals surface area contributed by atoms with Crippen LogP contribution in [0.1, 0.15) is 73.5 Å². The maximum atomic E-state index is 14.4. The zero-order valence-corrected chi connectivity index (χ0v) is 22.8. The summed E-state index contributed by atoms with van der Waals surface area (Å²) in [4.78, 5) is 43.2. The number of aromatic nitrogens is 1. The molecule has 3 aromatic rings. The average Bonchev–Trinajstić information content (AvgIpc) is 3.38. The second-order valence-electron chi connectivity index (χ2n) is 10.6. The van der Waals surface area contributed by atoms with Crippen LogP contribution in [0.25, 0.3) is 0 Å². The Kier molecular flexibility index (Phi) is 6.67. The van der Waals surface area contributed by atoms with E-state index in [2.05, 4.69) is 16.8 Å². The highest BCUT2D eigenvalue weighted by atomic mass is 16.7. The van der Waals surface area contributed by atoms with Gasteiger partial charge in [0.1, 0.15) is 35.6 Å². The lowest BCUT2D eigenvalue weighted by atomic mass is 9.76. The Hall–Kier alpha value is -4.47. The summed E-state index contributed by atoms with van der Waals surface area (Å²) < 4.78 is 17.1. The van der Waals surface area contributed by atoms with Crippen molar-refractivity contribution < 1.29 is 49.0 Å². The van der Waals surface area contributed by atoms with Gasteiger partial charge in [-0.1, -0.05) is 11.8 Å². The van der Waals surface area contributed by atoms with E-state index in [1.54, 1.807) is 12.4 Å². The van der Waals surface area contributed by atoms with Gasteiger partial charge in [0, 0.05) is 71.1 Å². The van der Waals surface area contributed by atoms with Gasteiger partial charge in [-0.25, -0.2) is 0 Å². The highest BCUT2D eigenvalue weighted by molar-refractivity contribution is 6.31. The molecule has 42 heavy (non-hydrogen) atoms. The molecule has 5 atom stereocenters. The van der Waals surface area contributed by atoms with Crippen molar-refractivity contribution in [2.45, 2.75) is 64.3 Å². The lowest BCUT2D eigenvalue weighted by Crippen LogP contribution is -2.58. The number of hydrogen-bond acceptors (Lipinski definition) is 10. The van der Waals surface area contributed by atoms with Crippen LogP contribution in [0.3, 0.4) is 0 Å². The molecule has 1 fully saturated rings. The van der Waals surface area contributed by atoms with Crippen molar-refractivity contribution in [3.05, 3.63) is 74.6 Å². The molecule has 1 saturated heterocycles. The number of phenolic OH excluding ortho intramolecular Hbond substituents is 1. The van der Waals surface area contributed by atoms with Crippen molar-refractivity contribution in [3.8, 4) is 29.1 Å². The first-order valence-corrected chi connectivity index (χ1v) is 13.3. The minimum absolute atomic E-state index is 0.00487. The van der Waals surface area contributed by atoms with E-state index in [1.807, 2.05) is 0 Å². The highest BCUT2D eigenvalue weighted by Gasteiger charge is 2.45. The van der Waals surface area contributed by atoms with Gasteiger partial charge in [-0.15, -0.1) is 0 Å². The molecular formula is C31H27NO10. The van der Waals surface area contributed by atoms with Gasteiger partial charge < -0.3 is 39.6 Å². The first-order chi connectivity index (χ1) is 20.0. The van der Waals surface area contributed by atoms with Gasteiger partial charge in [-0.05, 0) is 31.5 Å². The fraction of sp³-hybridized carbons (Fsp3) is 0.323. The number of rotatable bonds is 3. The van der Waals surface area contributed by atoms with Crippen LogP contribution >= 0.6 is 0 Å². The van der Waals surface area contributed by atoms with Gasteiger partial charge in [0.2, 0.25) is 6.29 Å². The van der Waals surface area contributed by atoms with Crippen LogP contribution in [-0.4, -0.2) is 73.7 Å². The number of fused-ring (bicyclic) bond motifs is 1. The number of esters is 1. The predicted octanol–water partition coefficient (Wildman–Crippen LogP) is 1.43. The first-order valence-electron chi connectivity index (χ1n) is 13.3. The number of H-pyrrole nitrogens is 1. The molecule has 216 valence electrons. The normalized spacial score (nSPS) is 24.2. The molecule has 0 saturated carbocycles. The number of aromatic hydroxyl groups is 1. The van der Waals surface area contributed by atoms with Gasteiger partial charge >= 0.3 is 5.97 Å². The van der Waals surface area contributed by atoms with E-state index in [0.29, 0.717) is 11.1 Å². The zero-order chi connectivity index (χ0) is 30.0. The van der Waals surface area contributed by atoms with Crippen molar-refractivity contribution >= 4 is 17.5 Å². The van der Waals surface area contributed by atoms with Crippen LogP contribution < -0.4 is 9.47 Å². The number of nitrogens with one attached hydrogen (secondary N) is 1. The third-order valence-corrected chi connectivity index (χ3v) is 7.94. The van der Waals surface area contributed by atoms with E-state index in [4.69, 9.17) is 14.2 Å². The van der Waals surface area contributed by atoms with Crippen LogP contribution in [0, 0.1) is 18.8 Å². The Balaban J connectivity index is 1.63. The third kappa shape index (κ3) is 4.19. The number of ether oxygens (including phenoxy) is 3. The molecule has 1 aliphatic heterocycles. The van der Waals surface area contributed by atoms with Gasteiger partial charge in [0.25, 0.3) is 0 Å². The van der Waals surface area contributed by atoms with E-state index < -0.39 is 54.0 Å². The van der Waals surface area contributed by atoms with Gasteiger partial charge in [-0.3, -0.25) is 14.4 Å². The minimum Gasteiger partial charge on any atom is -0.507 e. The quantitative estimate of drug-likeness (QED) is 0.137. The minimum atomic E-state index is -1.67. The molecule has 0 radical (unpaired) electrons. The smallest absolute Gasteiger partial charge is 0.308 e. The summed E-state index contributed by atoms with van der Waals surface area (Å²) in [6, 6.07) is 2.82. The highest BCUT2D eigenvalue weighted by Crippen LogP contribution is 2.46. The van der Waals surface area contributed by atoms with Crippen LogP contribution in [0.2, 0.25) is 0 Å². The number of benzene rings is 2. The molecule has 6 rings (SSSR count). The van der Waals surface area contributed by atoms with E-state index in [0.717, 1.165) is 0 Å². The van der Waals surface area contributed by atoms with Crippen molar-refractivity contribution in [1.82, 2.24) is 4.98 Å². The van der Waals surface area contributed by atoms with E-state index in [-0.39, 0.29) is 63.3 Å². The van der Waals surface area contributed by atoms with Crippen LogP contribution in [0.5, 0.6) is 17.2 Å². The number of aromatic amines is 1. The number of hydrogen-bond donors (Lipinski definition) is 5. The average molecular weight is 574 g/mol. The molecule has 3 aliphatic rings. The zero-order valence-electron chi connectivity index (χ0n) is 22.8. The van der Waals surface area contributed by atoms with Crippen molar-refractivity contribution in [2.75, 3.05) is 0 Å². The SMILES string of the molecule is CC(=O)Oc1ccc2c3c1CC#Cc1c[nH]cc1Cc1c(OC4OC(C)C(O)C(O)C4O)c(C)c(O)c(c1C3=O)C2=O. The molecule has 11 nitrogen and oxygen atoms in total. The fourth-order valence-corrected chi connectivity index (χ4v) is 5.77. The maximum absolute atomic E-state index is 14.4. The standard InChI is InChI=1S/C31H27NO10/c1-12-24(34)23-22-19(30(12)42-31-29(39)28(38)25(35)13(2)40-31)9-16-11-32-10-15(16)5-4-6-17-20(41-14(3)33)8-7-18(26(23)36)21(17)27(22)37/h7-8,10-11,13,25,28-29,31-32,34-35,38-39H,6,9H2,1-3H3. The second-order valence-corrected chi connectivity index (χ2v) is 10.6. The Morgan fingerprint density at radius 2 is 1.79 bits per heavy atom. The Bertz CT molecular complexity index is 1740. The molecule has 5 unspecified atom stereocenters. The molecule has 1 aromatic heterocycles. The predicted molar refractivity (Wildman–Crippen MR) is 145 cm³/mol. The van der Waals surface area contributed by atoms with Crippen molar-refractivity contribution in [1.29, 1.82) is 0 Å². The molecule has 11 heteroatoms. The summed E-state index contributed by atoms with van der Waals surface area (Å²) in [6.45, 7) is 4.21. The van der Waals surface area contributed by atoms with Crippen LogP contribution in [-0.2, 0) is 22.4 Å². The van der Waals surface area contributed by atoms with Gasteiger partial charge in [-0.2, -0.15) is 0 Å². The molecule has 2 aliphatic carbocycles. The van der Waals surface area contributed by atoms with Crippen LogP contribution in [0.15, 0.2) is 24.5 Å². The maximum Gasteiger partial charge on any atom is 0.308 e. The summed E-state index contributed by atoms with van der Waals surface area (Å²) in [6.07, 6.45) is -3.65. The number of carbonyl (C=O) groups is 3. The summed E-state index contributed by atoms with van der Waals surface area (Å²) in [5.41, 5.74) is 1.57. The summed E-state index contributed by atoms with van der Waals surface area (Å²) in [5, 5.41) is 42.6. The molecule has 5 N–H and O–H groups in total. The molecule has 2 aromatic carbocycles. The first kappa shape index (κ1) is 27.7. The Labute approximate surface area is 239 Å². The number of aliphatic hydroxyl groups is 3. The van der Waals surface area contributed by atoms with E-state index in [1.165, 1.54) is 32.9 Å². The molecule has 2 heterocycles. The number of carbonyl (C=O) groups excluding carboxylic acids is 3. The van der Waals surface area contributed by atoms with Crippen LogP contribution in [0.4, 0.5) is 0 Å². The topological polar surface area (TPSA) is 176 Å². The van der Waals surface area contributed by atoms with Gasteiger partial charge in [0.15, 0.2) is 11.6 Å². The third-order valence-electron chi connectivity index (χ3n) is 7.94. The lowest BCUT2D eigenvalue weighted by Gasteiger charge is -2.39. The summed E-state index contributed by atoms with van der Waals surface area (Å²) >= 11 is 0. The van der Waals surface area contributed by atoms with Gasteiger partial charge in [0.05, 0.1) is 11.7 Å². The van der Waals surface area contributed by atoms with E-state index >= 15 is 0 Å². The molecular weight excluding hydrogens is 546 g/mol. The molecule has 2 bridgehead atoms. The number of ketones is 2. The molecule has 0 amide bonds. The second kappa shape index (κ2) is 10.1. The number of aliphatic hydroxyl groups excluding tert-OH is 3. The number of phenols is 1. The van der Waals surface area contributed by atoms with E-state index in [9.17, 15) is 34.8 Å².